The number of hydrogen-bond acceptors (Lipinski definition) is 4. The maximum atomic E-state index is 12.1. The molecule has 1 heterocycles. The predicted octanol–water partition coefficient (Wildman–Crippen LogP) is 3.30. The van der Waals surface area contributed by atoms with E-state index in [0.29, 0.717) is 22.9 Å². The van der Waals surface area contributed by atoms with Crippen molar-refractivity contribution in [2.45, 2.75) is 6.18 Å². The molecule has 0 unspecified atom stereocenters. The number of nitrogens with zero attached hydrogens (tertiary/aromatic N) is 1. The standard InChI is InChI=1S/C11H8F3NO3/c1-17-6-2-3-8-7(4-6)15-10(18-8)5-9(16)11(12,13)14/h2-5,16H,1H3/b9-5-. The first kappa shape index (κ1) is 12.3. The number of halogens is 3. The lowest BCUT2D eigenvalue weighted by atomic mass is 10.3. The maximum absolute atomic E-state index is 12.1. The number of alkyl halides is 3. The Labute approximate surface area is 99.3 Å². The molecule has 0 bridgehead atoms. The Morgan fingerprint density at radius 1 is 1.44 bits per heavy atom. The monoisotopic (exact) mass is 259 g/mol. The number of ether oxygens (including phenoxy) is 1. The predicted molar refractivity (Wildman–Crippen MR) is 57.2 cm³/mol. The number of benzene rings is 1. The van der Waals surface area contributed by atoms with Crippen molar-refractivity contribution in [2.24, 2.45) is 0 Å². The molecule has 0 amide bonds. The summed E-state index contributed by atoms with van der Waals surface area (Å²) in [5.74, 6) is -1.58. The molecule has 96 valence electrons. The van der Waals surface area contributed by atoms with Crippen LogP contribution in [0.5, 0.6) is 5.75 Å². The van der Waals surface area contributed by atoms with Crippen LogP contribution >= 0.6 is 0 Å². The Kier molecular flexibility index (Phi) is 2.90. The number of aliphatic hydroxyl groups excluding tert-OH is 1. The van der Waals surface area contributed by atoms with Crippen LogP contribution in [0.1, 0.15) is 5.89 Å². The van der Waals surface area contributed by atoms with Crippen LogP contribution in [-0.2, 0) is 0 Å². The molecule has 1 N–H and O–H groups in total. The van der Waals surface area contributed by atoms with Gasteiger partial charge in [0, 0.05) is 12.1 Å². The van der Waals surface area contributed by atoms with Crippen LogP contribution in [0.4, 0.5) is 13.2 Å². The summed E-state index contributed by atoms with van der Waals surface area (Å²) >= 11 is 0. The van der Waals surface area contributed by atoms with Crippen molar-refractivity contribution >= 4 is 17.2 Å². The van der Waals surface area contributed by atoms with Crippen molar-refractivity contribution in [3.63, 3.8) is 0 Å². The number of methoxy groups -OCH3 is 1. The van der Waals surface area contributed by atoms with Crippen molar-refractivity contribution in [2.75, 3.05) is 7.11 Å². The van der Waals surface area contributed by atoms with Gasteiger partial charge in [-0.3, -0.25) is 0 Å². The number of allylic oxidation sites excluding steroid dienone is 1. The summed E-state index contributed by atoms with van der Waals surface area (Å²) in [4.78, 5) is 3.79. The molecule has 18 heavy (non-hydrogen) atoms. The normalized spacial score (nSPS) is 13.0. The van der Waals surface area contributed by atoms with Crippen molar-refractivity contribution in [3.8, 4) is 5.75 Å². The molecule has 0 atom stereocenters. The van der Waals surface area contributed by atoms with Crippen LogP contribution in [0.15, 0.2) is 28.4 Å². The zero-order chi connectivity index (χ0) is 13.3. The van der Waals surface area contributed by atoms with E-state index in [-0.39, 0.29) is 5.89 Å². The molecule has 2 rings (SSSR count). The minimum Gasteiger partial charge on any atom is -0.504 e. The average Bonchev–Trinajstić information content (AvgIpc) is 2.68. The third-order valence-corrected chi connectivity index (χ3v) is 2.16. The smallest absolute Gasteiger partial charge is 0.448 e. The quantitative estimate of drug-likeness (QED) is 0.841. The highest BCUT2D eigenvalue weighted by Crippen LogP contribution is 2.27. The molecule has 0 aliphatic heterocycles. The van der Waals surface area contributed by atoms with Crippen LogP contribution in [-0.4, -0.2) is 23.4 Å². The largest absolute Gasteiger partial charge is 0.504 e. The highest BCUT2D eigenvalue weighted by atomic mass is 19.4. The Morgan fingerprint density at radius 3 is 2.78 bits per heavy atom. The van der Waals surface area contributed by atoms with E-state index in [1.807, 2.05) is 0 Å². The highest BCUT2D eigenvalue weighted by molar-refractivity contribution is 5.75. The summed E-state index contributed by atoms with van der Waals surface area (Å²) in [5, 5.41) is 8.78. The van der Waals surface area contributed by atoms with E-state index in [9.17, 15) is 13.2 Å². The Hall–Kier alpha value is -2.18. The second kappa shape index (κ2) is 4.25. The minimum absolute atomic E-state index is 0.303. The number of hydrogen-bond donors (Lipinski definition) is 1. The average molecular weight is 259 g/mol. The highest BCUT2D eigenvalue weighted by Gasteiger charge is 2.34. The number of aromatic nitrogens is 1. The fraction of sp³-hybridized carbons (Fsp3) is 0.182. The summed E-state index contributed by atoms with van der Waals surface area (Å²) < 4.78 is 46.3. The van der Waals surface area contributed by atoms with E-state index in [1.54, 1.807) is 6.07 Å². The molecule has 1 aromatic carbocycles. The van der Waals surface area contributed by atoms with E-state index in [1.165, 1.54) is 19.2 Å². The number of oxazole rings is 1. The lowest BCUT2D eigenvalue weighted by Gasteiger charge is -2.02. The van der Waals surface area contributed by atoms with Crippen LogP contribution in [0.25, 0.3) is 17.2 Å². The molecule has 2 aromatic rings. The lowest BCUT2D eigenvalue weighted by Crippen LogP contribution is -2.10. The van der Waals surface area contributed by atoms with Gasteiger partial charge in [-0.2, -0.15) is 13.2 Å². The fourth-order valence-electron chi connectivity index (χ4n) is 1.31. The Bertz CT molecular complexity index is 601. The number of aliphatic hydroxyl groups is 1. The summed E-state index contributed by atoms with van der Waals surface area (Å²) in [5.41, 5.74) is 0.646. The molecular formula is C11H8F3NO3. The van der Waals surface area contributed by atoms with Crippen molar-refractivity contribution < 1.29 is 27.4 Å². The van der Waals surface area contributed by atoms with Gasteiger partial charge in [-0.25, -0.2) is 4.98 Å². The minimum atomic E-state index is -4.82. The number of fused-ring (bicyclic) bond motifs is 1. The first-order chi connectivity index (χ1) is 8.40. The Balaban J connectivity index is 2.42. The molecule has 4 nitrogen and oxygen atoms in total. The number of rotatable bonds is 2. The second-order valence-electron chi connectivity index (χ2n) is 3.41. The molecule has 0 aliphatic rings. The molecule has 0 spiro atoms. The molecule has 7 heteroatoms. The first-order valence-corrected chi connectivity index (χ1v) is 4.82. The van der Waals surface area contributed by atoms with Gasteiger partial charge in [-0.05, 0) is 12.1 Å². The molecular weight excluding hydrogens is 251 g/mol. The van der Waals surface area contributed by atoms with Gasteiger partial charge in [-0.1, -0.05) is 0 Å². The van der Waals surface area contributed by atoms with Gasteiger partial charge in [-0.15, -0.1) is 0 Å². The SMILES string of the molecule is COc1ccc2oc(/C=C(\O)C(F)(F)F)nc2c1. The fourth-order valence-corrected chi connectivity index (χ4v) is 1.31. The summed E-state index contributed by atoms with van der Waals surface area (Å²) in [6.45, 7) is 0. The van der Waals surface area contributed by atoms with Gasteiger partial charge in [0.25, 0.3) is 0 Å². The molecule has 0 saturated carbocycles. The van der Waals surface area contributed by atoms with Crippen molar-refractivity contribution in [3.05, 3.63) is 29.8 Å². The molecule has 0 aliphatic carbocycles. The van der Waals surface area contributed by atoms with Gasteiger partial charge < -0.3 is 14.3 Å². The Morgan fingerprint density at radius 2 is 2.17 bits per heavy atom. The topological polar surface area (TPSA) is 55.5 Å². The first-order valence-electron chi connectivity index (χ1n) is 4.82. The van der Waals surface area contributed by atoms with Crippen LogP contribution in [0.3, 0.4) is 0 Å². The van der Waals surface area contributed by atoms with E-state index in [0.717, 1.165) is 0 Å². The van der Waals surface area contributed by atoms with Crippen LogP contribution in [0.2, 0.25) is 0 Å². The van der Waals surface area contributed by atoms with Gasteiger partial charge in [0.15, 0.2) is 5.58 Å². The van der Waals surface area contributed by atoms with Crippen molar-refractivity contribution in [1.82, 2.24) is 4.98 Å². The third-order valence-electron chi connectivity index (χ3n) is 2.16. The van der Waals surface area contributed by atoms with Gasteiger partial charge in [0.2, 0.25) is 11.6 Å². The van der Waals surface area contributed by atoms with Crippen LogP contribution in [0, 0.1) is 0 Å². The molecule has 0 saturated heterocycles. The van der Waals surface area contributed by atoms with Gasteiger partial charge in [0.1, 0.15) is 11.3 Å². The molecule has 0 radical (unpaired) electrons. The van der Waals surface area contributed by atoms with E-state index in [4.69, 9.17) is 14.3 Å². The summed E-state index contributed by atoms with van der Waals surface area (Å²) in [6, 6.07) is 4.62. The van der Waals surface area contributed by atoms with Crippen LogP contribution < -0.4 is 4.74 Å². The van der Waals surface area contributed by atoms with Gasteiger partial charge in [0.05, 0.1) is 7.11 Å². The molecule has 1 aromatic heterocycles. The van der Waals surface area contributed by atoms with E-state index >= 15 is 0 Å². The summed E-state index contributed by atoms with van der Waals surface area (Å²) in [6.07, 6.45) is -4.40. The lowest BCUT2D eigenvalue weighted by molar-refractivity contribution is -0.119. The molecule has 0 fully saturated rings. The zero-order valence-corrected chi connectivity index (χ0v) is 9.15. The third kappa shape index (κ3) is 2.39. The van der Waals surface area contributed by atoms with Crippen molar-refractivity contribution in [1.29, 1.82) is 0 Å². The zero-order valence-electron chi connectivity index (χ0n) is 9.15. The second-order valence-corrected chi connectivity index (χ2v) is 3.41. The maximum Gasteiger partial charge on any atom is 0.448 e. The van der Waals surface area contributed by atoms with E-state index in [2.05, 4.69) is 4.98 Å². The van der Waals surface area contributed by atoms with E-state index < -0.39 is 11.9 Å². The van der Waals surface area contributed by atoms with Gasteiger partial charge >= 0.3 is 6.18 Å². The summed E-state index contributed by atoms with van der Waals surface area (Å²) in [7, 11) is 1.46.